The highest BCUT2D eigenvalue weighted by Gasteiger charge is 2.18. The Kier molecular flexibility index (Phi) is 7.14. The van der Waals surface area contributed by atoms with Crippen molar-refractivity contribution in [2.45, 2.75) is 0 Å². The van der Waals surface area contributed by atoms with Gasteiger partial charge in [0.1, 0.15) is 17.2 Å². The van der Waals surface area contributed by atoms with Gasteiger partial charge in [-0.3, -0.25) is 4.79 Å². The van der Waals surface area contributed by atoms with Crippen molar-refractivity contribution < 1.29 is 19.0 Å². The highest BCUT2D eigenvalue weighted by molar-refractivity contribution is 9.10. The van der Waals surface area contributed by atoms with Gasteiger partial charge >= 0.3 is 0 Å². The largest absolute Gasteiger partial charge is 0.497 e. The van der Waals surface area contributed by atoms with E-state index in [0.717, 1.165) is 15.8 Å². The van der Waals surface area contributed by atoms with Gasteiger partial charge < -0.3 is 19.5 Å². The summed E-state index contributed by atoms with van der Waals surface area (Å²) in [5.74, 6) is 1.53. The van der Waals surface area contributed by atoms with Gasteiger partial charge in [-0.2, -0.15) is 0 Å². The Morgan fingerprint density at radius 2 is 1.60 bits per heavy atom. The standard InChI is InChI=1S/C24H22BrNO4/c1-28-20-11-8-16(9-12-20)7-10-17-13-21(29-2)15-22(30-3)23(17)24(27)26-19-6-4-5-18(25)14-19/h4-15H,1-3H3,(H,26,27)/b10-7+. The molecule has 0 saturated carbocycles. The molecule has 0 bridgehead atoms. The lowest BCUT2D eigenvalue weighted by Crippen LogP contribution is -2.15. The van der Waals surface area contributed by atoms with E-state index in [-0.39, 0.29) is 5.91 Å². The molecule has 0 fully saturated rings. The van der Waals surface area contributed by atoms with Gasteiger partial charge in [-0.05, 0) is 47.5 Å². The summed E-state index contributed by atoms with van der Waals surface area (Å²) >= 11 is 3.42. The second-order valence-electron chi connectivity index (χ2n) is 6.36. The molecule has 30 heavy (non-hydrogen) atoms. The molecule has 1 N–H and O–H groups in total. The lowest BCUT2D eigenvalue weighted by atomic mass is 10.0. The van der Waals surface area contributed by atoms with Crippen molar-refractivity contribution in [1.82, 2.24) is 0 Å². The molecule has 154 valence electrons. The molecule has 0 aliphatic carbocycles. The van der Waals surface area contributed by atoms with Crippen LogP contribution in [-0.4, -0.2) is 27.2 Å². The van der Waals surface area contributed by atoms with E-state index in [1.807, 2.05) is 60.7 Å². The molecule has 0 atom stereocenters. The SMILES string of the molecule is COc1ccc(/C=C/c2cc(OC)cc(OC)c2C(=O)Nc2cccc(Br)c2)cc1. The van der Waals surface area contributed by atoms with Crippen LogP contribution in [0.3, 0.4) is 0 Å². The molecule has 3 aromatic carbocycles. The van der Waals surface area contributed by atoms with Crippen molar-refractivity contribution in [3.05, 3.63) is 81.8 Å². The van der Waals surface area contributed by atoms with Gasteiger partial charge in [0.25, 0.3) is 5.91 Å². The molecule has 6 heteroatoms. The zero-order valence-electron chi connectivity index (χ0n) is 16.9. The Balaban J connectivity index is 1.99. The first kappa shape index (κ1) is 21.5. The van der Waals surface area contributed by atoms with Gasteiger partial charge in [0.15, 0.2) is 0 Å². The Hall–Kier alpha value is -3.25. The maximum Gasteiger partial charge on any atom is 0.260 e. The molecular formula is C24H22BrNO4. The van der Waals surface area contributed by atoms with E-state index < -0.39 is 0 Å². The molecule has 0 unspecified atom stereocenters. The van der Waals surface area contributed by atoms with Crippen molar-refractivity contribution in [2.24, 2.45) is 0 Å². The number of hydrogen-bond acceptors (Lipinski definition) is 4. The van der Waals surface area contributed by atoms with Crippen LogP contribution in [0, 0.1) is 0 Å². The first-order chi connectivity index (χ1) is 14.5. The van der Waals surface area contributed by atoms with Crippen molar-refractivity contribution in [3.63, 3.8) is 0 Å². The van der Waals surface area contributed by atoms with Crippen LogP contribution in [0.25, 0.3) is 12.2 Å². The number of amides is 1. The number of carbonyl (C=O) groups is 1. The minimum atomic E-state index is -0.276. The molecular weight excluding hydrogens is 446 g/mol. The van der Waals surface area contributed by atoms with Crippen LogP contribution < -0.4 is 19.5 Å². The fourth-order valence-electron chi connectivity index (χ4n) is 2.92. The van der Waals surface area contributed by atoms with Crippen LogP contribution in [0.5, 0.6) is 17.2 Å². The van der Waals surface area contributed by atoms with E-state index >= 15 is 0 Å². The molecule has 0 saturated heterocycles. The van der Waals surface area contributed by atoms with Gasteiger partial charge in [0.2, 0.25) is 0 Å². The highest BCUT2D eigenvalue weighted by Crippen LogP contribution is 2.31. The van der Waals surface area contributed by atoms with Crippen LogP contribution in [0.2, 0.25) is 0 Å². The van der Waals surface area contributed by atoms with Crippen molar-refractivity contribution in [1.29, 1.82) is 0 Å². The number of ether oxygens (including phenoxy) is 3. The van der Waals surface area contributed by atoms with Crippen LogP contribution in [0.4, 0.5) is 5.69 Å². The number of hydrogen-bond donors (Lipinski definition) is 1. The van der Waals surface area contributed by atoms with E-state index in [2.05, 4.69) is 21.2 Å². The Bertz CT molecular complexity index is 1060. The number of halogens is 1. The predicted molar refractivity (Wildman–Crippen MR) is 124 cm³/mol. The summed E-state index contributed by atoms with van der Waals surface area (Å²) in [5, 5.41) is 2.92. The Labute approximate surface area is 184 Å². The first-order valence-electron chi connectivity index (χ1n) is 9.19. The Morgan fingerprint density at radius 3 is 2.23 bits per heavy atom. The Morgan fingerprint density at radius 1 is 0.867 bits per heavy atom. The normalized spacial score (nSPS) is 10.7. The summed E-state index contributed by atoms with van der Waals surface area (Å²) in [6.45, 7) is 0. The summed E-state index contributed by atoms with van der Waals surface area (Å²) in [5.41, 5.74) is 2.74. The molecule has 0 spiro atoms. The molecule has 0 heterocycles. The fraction of sp³-hybridized carbons (Fsp3) is 0.125. The van der Waals surface area contributed by atoms with Gasteiger partial charge in [-0.1, -0.05) is 46.3 Å². The molecule has 0 aromatic heterocycles. The fourth-order valence-corrected chi connectivity index (χ4v) is 3.32. The van der Waals surface area contributed by atoms with Gasteiger partial charge in [-0.25, -0.2) is 0 Å². The lowest BCUT2D eigenvalue weighted by molar-refractivity contribution is 0.102. The number of nitrogens with one attached hydrogen (secondary N) is 1. The first-order valence-corrected chi connectivity index (χ1v) is 9.98. The lowest BCUT2D eigenvalue weighted by Gasteiger charge is -2.14. The molecule has 0 aliphatic heterocycles. The molecule has 0 radical (unpaired) electrons. The number of benzene rings is 3. The molecule has 3 rings (SSSR count). The summed E-state index contributed by atoms with van der Waals surface area (Å²) < 4.78 is 16.9. The average molecular weight is 468 g/mol. The quantitative estimate of drug-likeness (QED) is 0.439. The molecule has 1 amide bonds. The topological polar surface area (TPSA) is 56.8 Å². The van der Waals surface area contributed by atoms with Gasteiger partial charge in [0, 0.05) is 16.2 Å². The number of methoxy groups -OCH3 is 3. The second-order valence-corrected chi connectivity index (χ2v) is 7.28. The monoisotopic (exact) mass is 467 g/mol. The summed E-state index contributed by atoms with van der Waals surface area (Å²) in [7, 11) is 4.73. The molecule has 3 aromatic rings. The molecule has 5 nitrogen and oxygen atoms in total. The van der Waals surface area contributed by atoms with Gasteiger partial charge in [-0.15, -0.1) is 0 Å². The van der Waals surface area contributed by atoms with Gasteiger partial charge in [0.05, 0.1) is 26.9 Å². The zero-order chi connectivity index (χ0) is 21.5. The predicted octanol–water partition coefficient (Wildman–Crippen LogP) is 5.90. The summed E-state index contributed by atoms with van der Waals surface area (Å²) in [6.07, 6.45) is 3.78. The maximum absolute atomic E-state index is 13.1. The number of anilines is 1. The average Bonchev–Trinajstić information content (AvgIpc) is 2.77. The van der Waals surface area contributed by atoms with E-state index in [0.29, 0.717) is 28.3 Å². The third-order valence-electron chi connectivity index (χ3n) is 4.44. The summed E-state index contributed by atoms with van der Waals surface area (Å²) in [4.78, 5) is 13.1. The van der Waals surface area contributed by atoms with Crippen LogP contribution in [0.1, 0.15) is 21.5 Å². The number of carbonyl (C=O) groups excluding carboxylic acids is 1. The van der Waals surface area contributed by atoms with Crippen LogP contribution in [0.15, 0.2) is 65.1 Å². The van der Waals surface area contributed by atoms with E-state index in [4.69, 9.17) is 14.2 Å². The minimum Gasteiger partial charge on any atom is -0.497 e. The second kappa shape index (κ2) is 9.98. The van der Waals surface area contributed by atoms with Crippen molar-refractivity contribution >= 4 is 39.7 Å². The van der Waals surface area contributed by atoms with E-state index in [1.165, 1.54) is 7.11 Å². The van der Waals surface area contributed by atoms with E-state index in [9.17, 15) is 4.79 Å². The maximum atomic E-state index is 13.1. The molecule has 0 aliphatic rings. The summed E-state index contributed by atoms with van der Waals surface area (Å²) in [6, 6.07) is 18.6. The smallest absolute Gasteiger partial charge is 0.260 e. The van der Waals surface area contributed by atoms with Crippen molar-refractivity contribution in [2.75, 3.05) is 26.6 Å². The van der Waals surface area contributed by atoms with E-state index in [1.54, 1.807) is 26.4 Å². The van der Waals surface area contributed by atoms with Crippen LogP contribution in [-0.2, 0) is 0 Å². The van der Waals surface area contributed by atoms with Crippen LogP contribution >= 0.6 is 15.9 Å². The third-order valence-corrected chi connectivity index (χ3v) is 4.94. The highest BCUT2D eigenvalue weighted by atomic mass is 79.9. The van der Waals surface area contributed by atoms with Crippen molar-refractivity contribution in [3.8, 4) is 17.2 Å². The minimum absolute atomic E-state index is 0.276. The zero-order valence-corrected chi connectivity index (χ0v) is 18.5. The number of rotatable bonds is 7. The third kappa shape index (κ3) is 5.21.